The summed E-state index contributed by atoms with van der Waals surface area (Å²) in [6, 6.07) is 31.1. The molecule has 0 amide bonds. The number of fused-ring (bicyclic) bond motifs is 3. The number of aromatic nitrogens is 1. The third kappa shape index (κ3) is 3.15. The van der Waals surface area contributed by atoms with Crippen LogP contribution < -0.4 is 9.47 Å². The van der Waals surface area contributed by atoms with E-state index < -0.39 is 0 Å². The summed E-state index contributed by atoms with van der Waals surface area (Å²) in [6.07, 6.45) is 0. The number of methoxy groups -OCH3 is 2. The highest BCUT2D eigenvalue weighted by atomic mass is 16.5. The van der Waals surface area contributed by atoms with Crippen molar-refractivity contribution < 1.29 is 9.47 Å². The van der Waals surface area contributed by atoms with Gasteiger partial charge in [-0.2, -0.15) is 0 Å². The fraction of sp³-hybridized carbons (Fsp3) is 0.0741. The molecular weight excluding hydrogens is 370 g/mol. The van der Waals surface area contributed by atoms with Crippen LogP contribution in [0.15, 0.2) is 91.0 Å². The van der Waals surface area contributed by atoms with Crippen molar-refractivity contribution in [2.75, 3.05) is 14.2 Å². The van der Waals surface area contributed by atoms with Crippen LogP contribution in [0.3, 0.4) is 0 Å². The minimum atomic E-state index is 0.834. The largest absolute Gasteiger partial charge is 0.497 e. The van der Waals surface area contributed by atoms with E-state index in [1.165, 1.54) is 10.8 Å². The molecule has 1 aromatic heterocycles. The fourth-order valence-electron chi connectivity index (χ4n) is 3.92. The molecule has 0 atom stereocenters. The van der Waals surface area contributed by atoms with Gasteiger partial charge in [-0.1, -0.05) is 42.5 Å². The van der Waals surface area contributed by atoms with Crippen LogP contribution in [0.1, 0.15) is 0 Å². The molecule has 5 aromatic rings. The summed E-state index contributed by atoms with van der Waals surface area (Å²) in [6.45, 7) is 0. The number of hydrogen-bond acceptors (Lipinski definition) is 3. The molecule has 3 heteroatoms. The van der Waals surface area contributed by atoms with E-state index in [4.69, 9.17) is 14.5 Å². The van der Waals surface area contributed by atoms with Gasteiger partial charge in [0, 0.05) is 10.9 Å². The topological polar surface area (TPSA) is 31.4 Å². The van der Waals surface area contributed by atoms with Crippen LogP contribution in [0.5, 0.6) is 11.5 Å². The molecule has 0 saturated heterocycles. The van der Waals surface area contributed by atoms with Crippen LogP contribution in [0.2, 0.25) is 0 Å². The monoisotopic (exact) mass is 391 g/mol. The summed E-state index contributed by atoms with van der Waals surface area (Å²) >= 11 is 0. The molecular formula is C27H21NO2. The number of ether oxygens (including phenoxy) is 2. The van der Waals surface area contributed by atoms with Crippen molar-refractivity contribution >= 4 is 21.7 Å². The summed E-state index contributed by atoms with van der Waals surface area (Å²) in [5.74, 6) is 1.68. The van der Waals surface area contributed by atoms with Crippen molar-refractivity contribution in [1.82, 2.24) is 4.98 Å². The predicted molar refractivity (Wildman–Crippen MR) is 123 cm³/mol. The number of rotatable bonds is 4. The van der Waals surface area contributed by atoms with Crippen LogP contribution in [0.4, 0.5) is 0 Å². The first-order valence-corrected chi connectivity index (χ1v) is 9.88. The Kier molecular flexibility index (Phi) is 4.56. The lowest BCUT2D eigenvalue weighted by Gasteiger charge is -2.13. The van der Waals surface area contributed by atoms with E-state index in [0.29, 0.717) is 0 Å². The van der Waals surface area contributed by atoms with Gasteiger partial charge in [-0.3, -0.25) is 0 Å². The van der Waals surface area contributed by atoms with E-state index in [2.05, 4.69) is 54.6 Å². The molecule has 146 valence electrons. The quantitative estimate of drug-likeness (QED) is 0.318. The third-order valence-electron chi connectivity index (χ3n) is 5.49. The minimum Gasteiger partial charge on any atom is -0.497 e. The number of nitrogens with zero attached hydrogens (tertiary/aromatic N) is 1. The van der Waals surface area contributed by atoms with E-state index in [-0.39, 0.29) is 0 Å². The molecule has 0 saturated carbocycles. The molecule has 3 nitrogen and oxygen atoms in total. The summed E-state index contributed by atoms with van der Waals surface area (Å²) < 4.78 is 10.7. The van der Waals surface area contributed by atoms with Crippen LogP contribution in [-0.4, -0.2) is 19.2 Å². The molecule has 0 bridgehead atoms. The molecule has 0 fully saturated rings. The molecule has 0 aliphatic heterocycles. The van der Waals surface area contributed by atoms with Crippen molar-refractivity contribution in [2.24, 2.45) is 0 Å². The third-order valence-corrected chi connectivity index (χ3v) is 5.49. The van der Waals surface area contributed by atoms with Gasteiger partial charge in [-0.05, 0) is 70.4 Å². The van der Waals surface area contributed by atoms with Gasteiger partial charge in [0.05, 0.1) is 25.4 Å². The fourth-order valence-corrected chi connectivity index (χ4v) is 3.92. The summed E-state index contributed by atoms with van der Waals surface area (Å²) in [5, 5.41) is 3.57. The highest BCUT2D eigenvalue weighted by Crippen LogP contribution is 2.37. The SMILES string of the molecule is COc1ccc(-c2cc(-c3ccc(OC)cc3)c3c(ccc4ccccc43)n2)cc1. The summed E-state index contributed by atoms with van der Waals surface area (Å²) in [4.78, 5) is 5.01. The molecule has 4 aromatic carbocycles. The van der Waals surface area contributed by atoms with E-state index in [1.807, 2.05) is 36.4 Å². The van der Waals surface area contributed by atoms with E-state index in [1.54, 1.807) is 14.2 Å². The Bertz CT molecular complexity index is 1340. The molecule has 0 N–H and O–H groups in total. The lowest BCUT2D eigenvalue weighted by Crippen LogP contribution is -1.92. The van der Waals surface area contributed by atoms with E-state index in [9.17, 15) is 0 Å². The van der Waals surface area contributed by atoms with Gasteiger partial charge in [-0.25, -0.2) is 4.98 Å². The van der Waals surface area contributed by atoms with Crippen molar-refractivity contribution in [1.29, 1.82) is 0 Å². The van der Waals surface area contributed by atoms with E-state index >= 15 is 0 Å². The van der Waals surface area contributed by atoms with Crippen molar-refractivity contribution in [3.05, 3.63) is 91.0 Å². The Morgan fingerprint density at radius 1 is 0.633 bits per heavy atom. The molecule has 0 radical (unpaired) electrons. The minimum absolute atomic E-state index is 0.834. The molecule has 5 rings (SSSR count). The van der Waals surface area contributed by atoms with Crippen LogP contribution >= 0.6 is 0 Å². The molecule has 30 heavy (non-hydrogen) atoms. The Labute approximate surface area is 175 Å². The molecule has 1 heterocycles. The molecule has 0 unspecified atom stereocenters. The lowest BCUT2D eigenvalue weighted by molar-refractivity contribution is 0.415. The van der Waals surface area contributed by atoms with E-state index in [0.717, 1.165) is 44.8 Å². The maximum atomic E-state index is 5.35. The van der Waals surface area contributed by atoms with Crippen LogP contribution in [-0.2, 0) is 0 Å². The second-order valence-corrected chi connectivity index (χ2v) is 7.19. The van der Waals surface area contributed by atoms with Gasteiger partial charge >= 0.3 is 0 Å². The van der Waals surface area contributed by atoms with Gasteiger partial charge in [0.2, 0.25) is 0 Å². The average Bonchev–Trinajstić information content (AvgIpc) is 2.83. The first-order valence-electron chi connectivity index (χ1n) is 9.88. The van der Waals surface area contributed by atoms with Gasteiger partial charge < -0.3 is 9.47 Å². The Hall–Kier alpha value is -3.85. The second kappa shape index (κ2) is 7.53. The number of benzene rings is 4. The van der Waals surface area contributed by atoms with Crippen molar-refractivity contribution in [2.45, 2.75) is 0 Å². The first-order chi connectivity index (χ1) is 14.8. The zero-order chi connectivity index (χ0) is 20.5. The maximum Gasteiger partial charge on any atom is 0.118 e. The zero-order valence-electron chi connectivity index (χ0n) is 16.9. The van der Waals surface area contributed by atoms with Gasteiger partial charge in [0.1, 0.15) is 11.5 Å². The summed E-state index contributed by atoms with van der Waals surface area (Å²) in [7, 11) is 3.36. The average molecular weight is 391 g/mol. The highest BCUT2D eigenvalue weighted by molar-refractivity contribution is 6.13. The van der Waals surface area contributed by atoms with Gasteiger partial charge in [0.15, 0.2) is 0 Å². The standard InChI is InChI=1S/C27H21NO2/c1-29-21-12-7-19(8-13-21)24-17-26(20-9-14-22(30-2)15-10-20)28-25-16-11-18-5-3-4-6-23(18)27(24)25/h3-17H,1-2H3. The number of hydrogen-bond donors (Lipinski definition) is 0. The summed E-state index contributed by atoms with van der Waals surface area (Å²) in [5.41, 5.74) is 5.26. The van der Waals surface area contributed by atoms with Crippen LogP contribution in [0.25, 0.3) is 44.1 Å². The van der Waals surface area contributed by atoms with Gasteiger partial charge in [-0.15, -0.1) is 0 Å². The van der Waals surface area contributed by atoms with Crippen molar-refractivity contribution in [3.63, 3.8) is 0 Å². The highest BCUT2D eigenvalue weighted by Gasteiger charge is 2.13. The lowest BCUT2D eigenvalue weighted by atomic mass is 9.94. The second-order valence-electron chi connectivity index (χ2n) is 7.19. The molecule has 0 aliphatic carbocycles. The Balaban J connectivity index is 1.80. The predicted octanol–water partition coefficient (Wildman–Crippen LogP) is 6.74. The molecule has 0 aliphatic rings. The maximum absolute atomic E-state index is 5.35. The normalized spacial score (nSPS) is 11.0. The van der Waals surface area contributed by atoms with Crippen LogP contribution in [0, 0.1) is 0 Å². The molecule has 0 spiro atoms. The Morgan fingerprint density at radius 2 is 1.27 bits per heavy atom. The zero-order valence-corrected chi connectivity index (χ0v) is 16.9. The smallest absolute Gasteiger partial charge is 0.118 e. The Morgan fingerprint density at radius 3 is 1.93 bits per heavy atom. The first kappa shape index (κ1) is 18.2. The van der Waals surface area contributed by atoms with Gasteiger partial charge in [0.25, 0.3) is 0 Å². The number of pyridine rings is 1. The van der Waals surface area contributed by atoms with Crippen molar-refractivity contribution in [3.8, 4) is 33.9 Å².